The van der Waals surface area contributed by atoms with E-state index >= 15 is 0 Å². The van der Waals surface area contributed by atoms with Gasteiger partial charge in [0.15, 0.2) is 0 Å². The summed E-state index contributed by atoms with van der Waals surface area (Å²) in [5, 5.41) is 9.04. The Hall–Kier alpha value is -1.39. The number of morpholine rings is 1. The molecule has 1 aliphatic carbocycles. The fraction of sp³-hybridized carbons (Fsp3) is 0.533. The number of carboxylic acid groups (broad SMARTS) is 1. The van der Waals surface area contributed by atoms with Crippen molar-refractivity contribution in [1.82, 2.24) is 4.90 Å². The van der Waals surface area contributed by atoms with Crippen LogP contribution in [0.5, 0.6) is 0 Å². The van der Waals surface area contributed by atoms with Crippen LogP contribution in [0.4, 0.5) is 0 Å². The molecule has 1 N–H and O–H groups in total. The largest absolute Gasteiger partial charge is 0.480 e. The molecule has 2 aliphatic rings. The fourth-order valence-electron chi connectivity index (χ4n) is 3.31. The molecule has 1 heterocycles. The number of hydrogen-bond acceptors (Lipinski definition) is 3. The zero-order valence-corrected chi connectivity index (χ0v) is 10.9. The Kier molecular flexibility index (Phi) is 3.53. The van der Waals surface area contributed by atoms with Crippen molar-refractivity contribution in [2.75, 3.05) is 19.7 Å². The molecule has 0 saturated carbocycles. The summed E-state index contributed by atoms with van der Waals surface area (Å²) in [6.07, 6.45) is 3.20. The third kappa shape index (κ3) is 2.51. The van der Waals surface area contributed by atoms with E-state index in [1.807, 2.05) is 6.07 Å². The first-order chi connectivity index (χ1) is 9.25. The number of ether oxygens (including phenoxy) is 1. The maximum absolute atomic E-state index is 11.0. The zero-order valence-electron chi connectivity index (χ0n) is 10.9. The fourth-order valence-corrected chi connectivity index (χ4v) is 3.31. The van der Waals surface area contributed by atoms with Gasteiger partial charge in [0, 0.05) is 12.6 Å². The molecular weight excluding hydrogens is 242 g/mol. The van der Waals surface area contributed by atoms with Crippen molar-refractivity contribution in [2.24, 2.45) is 0 Å². The van der Waals surface area contributed by atoms with E-state index < -0.39 is 5.97 Å². The van der Waals surface area contributed by atoms with Crippen LogP contribution >= 0.6 is 0 Å². The van der Waals surface area contributed by atoms with Crippen molar-refractivity contribution in [2.45, 2.75) is 31.4 Å². The molecule has 1 fully saturated rings. The lowest BCUT2D eigenvalue weighted by atomic mass is 9.96. The highest BCUT2D eigenvalue weighted by Gasteiger charge is 2.36. The minimum atomic E-state index is -0.752. The van der Waals surface area contributed by atoms with Gasteiger partial charge in [0.2, 0.25) is 0 Å². The highest BCUT2D eigenvalue weighted by atomic mass is 16.5. The Labute approximate surface area is 113 Å². The molecule has 4 nitrogen and oxygen atoms in total. The smallest absolute Gasteiger partial charge is 0.317 e. The minimum absolute atomic E-state index is 0.0341. The van der Waals surface area contributed by atoms with Crippen molar-refractivity contribution in [3.8, 4) is 0 Å². The van der Waals surface area contributed by atoms with Gasteiger partial charge in [0.25, 0.3) is 0 Å². The van der Waals surface area contributed by atoms with Gasteiger partial charge in [-0.3, -0.25) is 9.69 Å². The minimum Gasteiger partial charge on any atom is -0.480 e. The van der Waals surface area contributed by atoms with E-state index in [2.05, 4.69) is 23.1 Å². The number of nitrogens with zero attached hydrogens (tertiary/aromatic N) is 1. The van der Waals surface area contributed by atoms with Crippen LogP contribution < -0.4 is 0 Å². The van der Waals surface area contributed by atoms with Crippen molar-refractivity contribution in [1.29, 1.82) is 0 Å². The second-order valence-corrected chi connectivity index (χ2v) is 5.31. The molecule has 0 amide bonds. The van der Waals surface area contributed by atoms with Crippen LogP contribution in [0.2, 0.25) is 0 Å². The lowest BCUT2D eigenvalue weighted by Gasteiger charge is -2.40. The predicted molar refractivity (Wildman–Crippen MR) is 71.1 cm³/mol. The topological polar surface area (TPSA) is 49.8 Å². The number of aliphatic carboxylic acids is 1. The molecule has 1 aromatic carbocycles. The number of benzene rings is 1. The Morgan fingerprint density at radius 1 is 1.42 bits per heavy atom. The number of aryl methyl sites for hydroxylation is 1. The third-order valence-corrected chi connectivity index (χ3v) is 4.14. The molecular formula is C15H19NO3. The number of carboxylic acids is 1. The van der Waals surface area contributed by atoms with Crippen LogP contribution in [-0.2, 0) is 16.0 Å². The molecule has 0 spiro atoms. The van der Waals surface area contributed by atoms with Crippen molar-refractivity contribution >= 4 is 5.97 Å². The molecule has 2 atom stereocenters. The highest BCUT2D eigenvalue weighted by Crippen LogP contribution is 2.36. The monoisotopic (exact) mass is 261 g/mol. The summed E-state index contributed by atoms with van der Waals surface area (Å²) < 4.78 is 5.97. The van der Waals surface area contributed by atoms with Gasteiger partial charge in [-0.1, -0.05) is 24.3 Å². The first-order valence-electron chi connectivity index (χ1n) is 6.91. The van der Waals surface area contributed by atoms with E-state index in [1.54, 1.807) is 0 Å². The molecule has 0 radical (unpaired) electrons. The van der Waals surface area contributed by atoms with Gasteiger partial charge in [-0.05, 0) is 30.4 Å². The number of carbonyl (C=O) groups is 1. The average Bonchev–Trinajstić information content (AvgIpc) is 2.58. The van der Waals surface area contributed by atoms with Gasteiger partial charge in [0.1, 0.15) is 0 Å². The molecule has 0 bridgehead atoms. The molecule has 1 aliphatic heterocycles. The summed E-state index contributed by atoms with van der Waals surface area (Å²) in [4.78, 5) is 13.1. The van der Waals surface area contributed by atoms with Crippen molar-refractivity contribution < 1.29 is 14.6 Å². The van der Waals surface area contributed by atoms with E-state index in [9.17, 15) is 4.79 Å². The maximum atomic E-state index is 11.0. The predicted octanol–water partition coefficient (Wildman–Crippen LogP) is 1.85. The molecule has 1 aromatic rings. The van der Waals surface area contributed by atoms with E-state index in [0.717, 1.165) is 25.8 Å². The molecule has 1 saturated heterocycles. The summed E-state index contributed by atoms with van der Waals surface area (Å²) in [5.74, 6) is -0.752. The van der Waals surface area contributed by atoms with Gasteiger partial charge >= 0.3 is 5.97 Å². The van der Waals surface area contributed by atoms with Gasteiger partial charge in [0.05, 0.1) is 19.3 Å². The van der Waals surface area contributed by atoms with Crippen LogP contribution in [0, 0.1) is 0 Å². The van der Waals surface area contributed by atoms with Crippen LogP contribution in [0.15, 0.2) is 24.3 Å². The molecule has 102 valence electrons. The second kappa shape index (κ2) is 5.31. The lowest BCUT2D eigenvalue weighted by Crippen LogP contribution is -2.48. The average molecular weight is 261 g/mol. The maximum Gasteiger partial charge on any atom is 0.317 e. The second-order valence-electron chi connectivity index (χ2n) is 5.31. The van der Waals surface area contributed by atoms with Crippen LogP contribution in [-0.4, -0.2) is 41.7 Å². The summed E-state index contributed by atoms with van der Waals surface area (Å²) >= 11 is 0. The zero-order chi connectivity index (χ0) is 13.2. The van der Waals surface area contributed by atoms with Crippen LogP contribution in [0.25, 0.3) is 0 Å². The lowest BCUT2D eigenvalue weighted by molar-refractivity contribution is -0.143. The number of fused-ring (bicyclic) bond motifs is 3. The number of hydrogen-bond donors (Lipinski definition) is 1. The molecule has 3 rings (SSSR count). The summed E-state index contributed by atoms with van der Waals surface area (Å²) in [6.45, 7) is 1.45. The van der Waals surface area contributed by atoms with Crippen LogP contribution in [0.1, 0.15) is 30.1 Å². The first-order valence-corrected chi connectivity index (χ1v) is 6.91. The van der Waals surface area contributed by atoms with Crippen molar-refractivity contribution in [3.63, 3.8) is 0 Å². The van der Waals surface area contributed by atoms with Gasteiger partial charge in [-0.15, -0.1) is 0 Å². The quantitative estimate of drug-likeness (QED) is 0.882. The standard InChI is InChI=1S/C15H19NO3/c17-14(18)10-16-8-9-19-15-12-6-2-1-4-11(12)5-3-7-13(15)16/h1-2,4,6,13,15H,3,5,7-10H2,(H,17,18)/t13-,15-/m0/s1. The Bertz CT molecular complexity index is 474. The van der Waals surface area contributed by atoms with E-state index in [1.165, 1.54) is 11.1 Å². The number of rotatable bonds is 2. The van der Waals surface area contributed by atoms with Gasteiger partial charge in [-0.2, -0.15) is 0 Å². The van der Waals surface area contributed by atoms with Gasteiger partial charge in [-0.25, -0.2) is 0 Å². The normalized spacial score (nSPS) is 27.2. The molecule has 0 unspecified atom stereocenters. The first kappa shape index (κ1) is 12.6. The Morgan fingerprint density at radius 3 is 3.11 bits per heavy atom. The van der Waals surface area contributed by atoms with Gasteiger partial charge < -0.3 is 9.84 Å². The highest BCUT2D eigenvalue weighted by molar-refractivity contribution is 5.69. The Morgan fingerprint density at radius 2 is 2.26 bits per heavy atom. The van der Waals surface area contributed by atoms with Crippen LogP contribution in [0.3, 0.4) is 0 Å². The summed E-state index contributed by atoms with van der Waals surface area (Å²) in [7, 11) is 0. The Balaban J connectivity index is 1.90. The van der Waals surface area contributed by atoms with E-state index in [0.29, 0.717) is 6.61 Å². The molecule has 19 heavy (non-hydrogen) atoms. The van der Waals surface area contributed by atoms with E-state index in [4.69, 9.17) is 9.84 Å². The van der Waals surface area contributed by atoms with Crippen molar-refractivity contribution in [3.05, 3.63) is 35.4 Å². The van der Waals surface area contributed by atoms with E-state index in [-0.39, 0.29) is 18.7 Å². The molecule has 0 aromatic heterocycles. The SMILES string of the molecule is O=C(O)CN1CCO[C@H]2c3ccccc3CCC[C@@H]21. The molecule has 4 heteroatoms. The summed E-state index contributed by atoms with van der Waals surface area (Å²) in [6, 6.07) is 8.60. The summed E-state index contributed by atoms with van der Waals surface area (Å²) in [5.41, 5.74) is 2.60. The third-order valence-electron chi connectivity index (χ3n) is 4.14.